The molecular weight excluding hydrogens is 321 g/mol. The fourth-order valence-electron chi connectivity index (χ4n) is 1.62. The van der Waals surface area contributed by atoms with Gasteiger partial charge in [-0.15, -0.1) is 11.8 Å². The van der Waals surface area contributed by atoms with Crippen molar-refractivity contribution < 1.29 is 9.18 Å². The lowest BCUT2D eigenvalue weighted by Gasteiger charge is -2.11. The lowest BCUT2D eigenvalue weighted by molar-refractivity contribution is 0.0944. The van der Waals surface area contributed by atoms with Gasteiger partial charge in [0.05, 0.1) is 0 Å². The van der Waals surface area contributed by atoms with E-state index in [-0.39, 0.29) is 16.8 Å². The Morgan fingerprint density at radius 1 is 1.05 bits per heavy atom. The minimum Gasteiger partial charge on any atom is -0.331 e. The SMILES string of the molecule is CSc1ccc(C(=O)NNC(=S)Nc2ccc(F)cc2)cc1. The van der Waals surface area contributed by atoms with E-state index in [0.29, 0.717) is 11.3 Å². The summed E-state index contributed by atoms with van der Waals surface area (Å²) in [5.41, 5.74) is 6.23. The normalized spacial score (nSPS) is 9.91. The number of halogens is 1. The third-order valence-corrected chi connectivity index (χ3v) is 3.69. The van der Waals surface area contributed by atoms with E-state index in [0.717, 1.165) is 4.90 Å². The van der Waals surface area contributed by atoms with E-state index >= 15 is 0 Å². The molecule has 2 aromatic carbocycles. The van der Waals surface area contributed by atoms with E-state index in [1.807, 2.05) is 18.4 Å². The Kier molecular flexibility index (Phi) is 5.74. The van der Waals surface area contributed by atoms with Crippen LogP contribution in [0.3, 0.4) is 0 Å². The predicted octanol–water partition coefficient (Wildman–Crippen LogP) is 3.18. The van der Waals surface area contributed by atoms with Gasteiger partial charge in [-0.3, -0.25) is 15.6 Å². The van der Waals surface area contributed by atoms with Crippen LogP contribution in [0.5, 0.6) is 0 Å². The minimum atomic E-state index is -0.327. The van der Waals surface area contributed by atoms with Crippen LogP contribution in [0.4, 0.5) is 10.1 Å². The first-order valence-corrected chi connectivity index (χ1v) is 7.99. The molecule has 2 rings (SSSR count). The predicted molar refractivity (Wildman–Crippen MR) is 91.4 cm³/mol. The molecule has 4 nitrogen and oxygen atoms in total. The Morgan fingerprint density at radius 3 is 2.27 bits per heavy atom. The third-order valence-electron chi connectivity index (χ3n) is 2.74. The molecule has 0 aliphatic heterocycles. The fraction of sp³-hybridized carbons (Fsp3) is 0.0667. The molecule has 0 aliphatic rings. The van der Waals surface area contributed by atoms with E-state index in [2.05, 4.69) is 16.2 Å². The second-order valence-electron chi connectivity index (χ2n) is 4.27. The zero-order valence-electron chi connectivity index (χ0n) is 11.7. The maximum atomic E-state index is 12.8. The Bertz CT molecular complexity index is 659. The molecule has 0 aliphatic carbocycles. The van der Waals surface area contributed by atoms with Gasteiger partial charge in [-0.25, -0.2) is 4.39 Å². The Balaban J connectivity index is 1.84. The Labute approximate surface area is 137 Å². The van der Waals surface area contributed by atoms with Gasteiger partial charge >= 0.3 is 0 Å². The van der Waals surface area contributed by atoms with Gasteiger partial charge in [0.25, 0.3) is 5.91 Å². The van der Waals surface area contributed by atoms with E-state index in [1.165, 1.54) is 12.1 Å². The van der Waals surface area contributed by atoms with Crippen LogP contribution < -0.4 is 16.2 Å². The summed E-state index contributed by atoms with van der Waals surface area (Å²) < 4.78 is 12.8. The van der Waals surface area contributed by atoms with Gasteiger partial charge < -0.3 is 5.32 Å². The average Bonchev–Trinajstić information content (AvgIpc) is 2.55. The zero-order valence-corrected chi connectivity index (χ0v) is 13.4. The summed E-state index contributed by atoms with van der Waals surface area (Å²) in [7, 11) is 0. The summed E-state index contributed by atoms with van der Waals surface area (Å²) in [6.07, 6.45) is 1.97. The van der Waals surface area contributed by atoms with Crippen molar-refractivity contribution in [2.24, 2.45) is 0 Å². The van der Waals surface area contributed by atoms with Crippen molar-refractivity contribution in [1.82, 2.24) is 10.9 Å². The summed E-state index contributed by atoms with van der Waals surface area (Å²) in [6, 6.07) is 12.9. The van der Waals surface area contributed by atoms with Crippen molar-refractivity contribution in [2.45, 2.75) is 4.90 Å². The van der Waals surface area contributed by atoms with E-state index in [1.54, 1.807) is 36.0 Å². The molecule has 0 heterocycles. The first-order chi connectivity index (χ1) is 10.6. The Morgan fingerprint density at radius 2 is 1.68 bits per heavy atom. The molecule has 1 amide bonds. The molecule has 0 unspecified atom stereocenters. The molecule has 7 heteroatoms. The summed E-state index contributed by atoms with van der Waals surface area (Å²) in [5, 5.41) is 3.04. The highest BCUT2D eigenvalue weighted by Gasteiger charge is 2.05. The van der Waals surface area contributed by atoms with Gasteiger partial charge in [-0.1, -0.05) is 0 Å². The van der Waals surface area contributed by atoms with Crippen molar-refractivity contribution in [2.75, 3.05) is 11.6 Å². The van der Waals surface area contributed by atoms with Crippen molar-refractivity contribution in [3.8, 4) is 0 Å². The van der Waals surface area contributed by atoms with Crippen LogP contribution in [0.2, 0.25) is 0 Å². The molecule has 0 saturated carbocycles. The molecule has 0 radical (unpaired) electrons. The quantitative estimate of drug-likeness (QED) is 0.457. The van der Waals surface area contributed by atoms with Crippen LogP contribution >= 0.6 is 24.0 Å². The van der Waals surface area contributed by atoms with E-state index < -0.39 is 0 Å². The topological polar surface area (TPSA) is 53.2 Å². The molecule has 3 N–H and O–H groups in total. The number of benzene rings is 2. The molecule has 2 aromatic rings. The number of carbonyl (C=O) groups is 1. The summed E-state index contributed by atoms with van der Waals surface area (Å²) >= 11 is 6.65. The second-order valence-corrected chi connectivity index (χ2v) is 5.56. The zero-order chi connectivity index (χ0) is 15.9. The standard InChI is InChI=1S/C15H14FN3OS2/c1-22-13-8-2-10(3-9-13)14(20)18-19-15(21)17-12-6-4-11(16)5-7-12/h2-9H,1H3,(H,18,20)(H2,17,19,21). The maximum Gasteiger partial charge on any atom is 0.269 e. The van der Waals surface area contributed by atoms with Crippen LogP contribution in [0.25, 0.3) is 0 Å². The number of hydrogen-bond acceptors (Lipinski definition) is 3. The number of hydrogen-bond donors (Lipinski definition) is 3. The highest BCUT2D eigenvalue weighted by Crippen LogP contribution is 2.14. The number of hydrazine groups is 1. The summed E-state index contributed by atoms with van der Waals surface area (Å²) in [6.45, 7) is 0. The highest BCUT2D eigenvalue weighted by molar-refractivity contribution is 7.98. The molecule has 0 aromatic heterocycles. The number of thioether (sulfide) groups is 1. The molecule has 0 atom stereocenters. The van der Waals surface area contributed by atoms with Gasteiger partial charge in [0.2, 0.25) is 0 Å². The maximum absolute atomic E-state index is 12.8. The summed E-state index contributed by atoms with van der Waals surface area (Å²) in [5.74, 6) is -0.623. The largest absolute Gasteiger partial charge is 0.331 e. The van der Waals surface area contributed by atoms with Crippen molar-refractivity contribution >= 4 is 40.7 Å². The molecular formula is C15H14FN3OS2. The average molecular weight is 335 g/mol. The lowest BCUT2D eigenvalue weighted by atomic mass is 10.2. The van der Waals surface area contributed by atoms with Gasteiger partial charge in [0, 0.05) is 16.1 Å². The van der Waals surface area contributed by atoms with Crippen LogP contribution in [-0.2, 0) is 0 Å². The van der Waals surface area contributed by atoms with Crippen molar-refractivity contribution in [3.05, 3.63) is 59.9 Å². The molecule has 22 heavy (non-hydrogen) atoms. The second kappa shape index (κ2) is 7.77. The monoisotopic (exact) mass is 335 g/mol. The molecule has 0 spiro atoms. The van der Waals surface area contributed by atoms with Crippen LogP contribution in [-0.4, -0.2) is 17.3 Å². The van der Waals surface area contributed by atoms with Gasteiger partial charge in [-0.05, 0) is 67.0 Å². The number of nitrogens with one attached hydrogen (secondary N) is 3. The van der Waals surface area contributed by atoms with E-state index in [4.69, 9.17) is 12.2 Å². The van der Waals surface area contributed by atoms with Crippen LogP contribution in [0.1, 0.15) is 10.4 Å². The fourth-order valence-corrected chi connectivity index (χ4v) is 2.20. The van der Waals surface area contributed by atoms with Crippen molar-refractivity contribution in [1.29, 1.82) is 0 Å². The number of carbonyl (C=O) groups excluding carboxylic acids is 1. The summed E-state index contributed by atoms with van der Waals surface area (Å²) in [4.78, 5) is 13.0. The van der Waals surface area contributed by atoms with Crippen LogP contribution in [0.15, 0.2) is 53.4 Å². The Hall–Kier alpha value is -2.12. The lowest BCUT2D eigenvalue weighted by Crippen LogP contribution is -2.43. The van der Waals surface area contributed by atoms with Gasteiger partial charge in [0.1, 0.15) is 5.82 Å². The van der Waals surface area contributed by atoms with Gasteiger partial charge in [0.15, 0.2) is 5.11 Å². The number of thiocarbonyl (C=S) groups is 1. The highest BCUT2D eigenvalue weighted by atomic mass is 32.2. The first-order valence-electron chi connectivity index (χ1n) is 6.35. The number of amides is 1. The molecule has 114 valence electrons. The van der Waals surface area contributed by atoms with Crippen LogP contribution in [0, 0.1) is 5.82 Å². The first kappa shape index (κ1) is 16.3. The third kappa shape index (κ3) is 4.71. The van der Waals surface area contributed by atoms with Crippen molar-refractivity contribution in [3.63, 3.8) is 0 Å². The minimum absolute atomic E-state index is 0.209. The smallest absolute Gasteiger partial charge is 0.269 e. The number of rotatable bonds is 3. The molecule has 0 fully saturated rings. The van der Waals surface area contributed by atoms with E-state index in [9.17, 15) is 9.18 Å². The molecule has 0 saturated heterocycles. The number of anilines is 1. The van der Waals surface area contributed by atoms with Gasteiger partial charge in [-0.2, -0.15) is 0 Å². The molecule has 0 bridgehead atoms.